The Labute approximate surface area is 180 Å². The van der Waals surface area contributed by atoms with Crippen molar-refractivity contribution in [3.05, 3.63) is 101 Å². The summed E-state index contributed by atoms with van der Waals surface area (Å²) >= 11 is 6.15. The Bertz CT molecular complexity index is 1190. The molecule has 150 valence electrons. The van der Waals surface area contributed by atoms with Gasteiger partial charge in [-0.3, -0.25) is 4.79 Å². The van der Waals surface area contributed by atoms with E-state index < -0.39 is 0 Å². The third-order valence-electron chi connectivity index (χ3n) is 4.79. The van der Waals surface area contributed by atoms with E-state index in [1.807, 2.05) is 66.7 Å². The molecule has 30 heavy (non-hydrogen) atoms. The highest BCUT2D eigenvalue weighted by atomic mass is 35.5. The lowest BCUT2D eigenvalue weighted by Crippen LogP contribution is -2.13. The molecule has 4 rings (SSSR count). The van der Waals surface area contributed by atoms with E-state index in [2.05, 4.69) is 5.32 Å². The Morgan fingerprint density at radius 3 is 2.40 bits per heavy atom. The summed E-state index contributed by atoms with van der Waals surface area (Å²) in [7, 11) is 1.57. The smallest absolute Gasteiger partial charge is 0.259 e. The molecule has 4 nitrogen and oxygen atoms in total. The summed E-state index contributed by atoms with van der Waals surface area (Å²) in [5, 5.41) is 5.50. The molecule has 4 aromatic carbocycles. The normalized spacial score (nSPS) is 10.6. The van der Waals surface area contributed by atoms with Crippen molar-refractivity contribution >= 4 is 34.0 Å². The Morgan fingerprint density at radius 1 is 0.900 bits per heavy atom. The number of fused-ring (bicyclic) bond motifs is 1. The predicted molar refractivity (Wildman–Crippen MR) is 121 cm³/mol. The zero-order valence-corrected chi connectivity index (χ0v) is 17.1. The summed E-state index contributed by atoms with van der Waals surface area (Å²) < 4.78 is 11.3. The van der Waals surface area contributed by atoms with Crippen molar-refractivity contribution in [3.8, 4) is 11.5 Å². The minimum atomic E-state index is -0.234. The van der Waals surface area contributed by atoms with Crippen molar-refractivity contribution < 1.29 is 14.3 Å². The number of carbonyl (C=O) groups is 1. The zero-order chi connectivity index (χ0) is 20.9. The van der Waals surface area contributed by atoms with Crippen LogP contribution in [0.15, 0.2) is 84.9 Å². The number of rotatable bonds is 6. The SMILES string of the molecule is COc1c(C(=O)Nc2ccc(OCc3ccccc3Cl)cc2)ccc2ccccc12. The molecule has 5 heteroatoms. The number of nitrogens with one attached hydrogen (secondary N) is 1. The fourth-order valence-corrected chi connectivity index (χ4v) is 3.44. The van der Waals surface area contributed by atoms with E-state index in [0.29, 0.717) is 34.4 Å². The Balaban J connectivity index is 1.46. The molecule has 4 aromatic rings. The van der Waals surface area contributed by atoms with Crippen LogP contribution in [-0.4, -0.2) is 13.0 Å². The van der Waals surface area contributed by atoms with Gasteiger partial charge in [-0.1, -0.05) is 60.1 Å². The van der Waals surface area contributed by atoms with Gasteiger partial charge >= 0.3 is 0 Å². The Hall–Kier alpha value is -3.50. The third kappa shape index (κ3) is 4.24. The number of carbonyl (C=O) groups excluding carboxylic acids is 1. The molecular weight excluding hydrogens is 398 g/mol. The van der Waals surface area contributed by atoms with Crippen LogP contribution in [0.5, 0.6) is 11.5 Å². The van der Waals surface area contributed by atoms with Gasteiger partial charge in [0.2, 0.25) is 0 Å². The van der Waals surface area contributed by atoms with Gasteiger partial charge in [-0.05, 0) is 41.8 Å². The first-order chi connectivity index (χ1) is 14.7. The molecule has 0 aliphatic heterocycles. The van der Waals surface area contributed by atoms with E-state index in [4.69, 9.17) is 21.1 Å². The quantitative estimate of drug-likeness (QED) is 0.398. The van der Waals surface area contributed by atoms with Crippen LogP contribution in [0, 0.1) is 0 Å². The summed E-state index contributed by atoms with van der Waals surface area (Å²) in [4.78, 5) is 12.8. The molecule has 1 amide bonds. The molecule has 0 aliphatic rings. The molecule has 0 atom stereocenters. The number of halogens is 1. The van der Waals surface area contributed by atoms with Gasteiger partial charge in [-0.15, -0.1) is 0 Å². The largest absolute Gasteiger partial charge is 0.495 e. The van der Waals surface area contributed by atoms with E-state index in [1.165, 1.54) is 0 Å². The van der Waals surface area contributed by atoms with Crippen molar-refractivity contribution in [2.75, 3.05) is 12.4 Å². The number of hydrogen-bond donors (Lipinski definition) is 1. The molecule has 0 radical (unpaired) electrons. The second kappa shape index (κ2) is 8.89. The van der Waals surface area contributed by atoms with E-state index in [0.717, 1.165) is 16.3 Å². The Morgan fingerprint density at radius 2 is 1.63 bits per heavy atom. The second-order valence-electron chi connectivity index (χ2n) is 6.73. The number of anilines is 1. The molecular formula is C25H20ClNO3. The number of methoxy groups -OCH3 is 1. The second-order valence-corrected chi connectivity index (χ2v) is 7.13. The van der Waals surface area contributed by atoms with Crippen molar-refractivity contribution in [2.45, 2.75) is 6.61 Å². The molecule has 0 saturated carbocycles. The van der Waals surface area contributed by atoms with Gasteiger partial charge in [0.1, 0.15) is 18.1 Å². The number of hydrogen-bond acceptors (Lipinski definition) is 3. The molecule has 0 aromatic heterocycles. The highest BCUT2D eigenvalue weighted by Gasteiger charge is 2.15. The highest BCUT2D eigenvalue weighted by molar-refractivity contribution is 6.31. The summed E-state index contributed by atoms with van der Waals surface area (Å²) in [6.45, 7) is 0.375. The van der Waals surface area contributed by atoms with E-state index >= 15 is 0 Å². The highest BCUT2D eigenvalue weighted by Crippen LogP contribution is 2.30. The molecule has 0 saturated heterocycles. The van der Waals surface area contributed by atoms with Gasteiger partial charge in [-0.25, -0.2) is 0 Å². The van der Waals surface area contributed by atoms with E-state index in [1.54, 1.807) is 25.3 Å². The van der Waals surface area contributed by atoms with Gasteiger partial charge in [0.25, 0.3) is 5.91 Å². The molecule has 0 unspecified atom stereocenters. The summed E-state index contributed by atoms with van der Waals surface area (Å²) in [5.74, 6) is 1.02. The van der Waals surface area contributed by atoms with Crippen LogP contribution in [-0.2, 0) is 6.61 Å². The minimum Gasteiger partial charge on any atom is -0.495 e. The van der Waals surface area contributed by atoms with Crippen molar-refractivity contribution in [3.63, 3.8) is 0 Å². The Kier molecular flexibility index (Phi) is 5.87. The number of amides is 1. The maximum absolute atomic E-state index is 12.8. The lowest BCUT2D eigenvalue weighted by Gasteiger charge is -2.13. The molecule has 0 heterocycles. The van der Waals surface area contributed by atoms with Crippen LogP contribution < -0.4 is 14.8 Å². The van der Waals surface area contributed by atoms with Crippen molar-refractivity contribution in [1.29, 1.82) is 0 Å². The third-order valence-corrected chi connectivity index (χ3v) is 5.16. The minimum absolute atomic E-state index is 0.234. The lowest BCUT2D eigenvalue weighted by molar-refractivity contribution is 0.102. The average molecular weight is 418 g/mol. The first-order valence-corrected chi connectivity index (χ1v) is 9.87. The van der Waals surface area contributed by atoms with Gasteiger partial charge in [-0.2, -0.15) is 0 Å². The first-order valence-electron chi connectivity index (χ1n) is 9.49. The molecule has 0 bridgehead atoms. The van der Waals surface area contributed by atoms with Gasteiger partial charge in [0.05, 0.1) is 12.7 Å². The number of ether oxygens (including phenoxy) is 2. The molecule has 0 spiro atoms. The maximum atomic E-state index is 12.8. The van der Waals surface area contributed by atoms with Crippen LogP contribution in [0.2, 0.25) is 5.02 Å². The van der Waals surface area contributed by atoms with E-state index in [9.17, 15) is 4.79 Å². The summed E-state index contributed by atoms with van der Waals surface area (Å²) in [6, 6.07) is 26.3. The fraction of sp³-hybridized carbons (Fsp3) is 0.0800. The van der Waals surface area contributed by atoms with Crippen molar-refractivity contribution in [2.24, 2.45) is 0 Å². The summed E-state index contributed by atoms with van der Waals surface area (Å²) in [5.41, 5.74) is 2.07. The van der Waals surface area contributed by atoms with Crippen LogP contribution in [0.25, 0.3) is 10.8 Å². The lowest BCUT2D eigenvalue weighted by atomic mass is 10.0. The summed E-state index contributed by atoms with van der Waals surface area (Å²) in [6.07, 6.45) is 0. The monoisotopic (exact) mass is 417 g/mol. The predicted octanol–water partition coefficient (Wildman–Crippen LogP) is 6.33. The van der Waals surface area contributed by atoms with Crippen LogP contribution >= 0.6 is 11.6 Å². The van der Waals surface area contributed by atoms with Crippen LogP contribution in [0.1, 0.15) is 15.9 Å². The van der Waals surface area contributed by atoms with Crippen LogP contribution in [0.3, 0.4) is 0 Å². The maximum Gasteiger partial charge on any atom is 0.259 e. The standard InChI is InChI=1S/C25H20ClNO3/c1-29-24-21-8-4-2-6-17(21)10-15-22(24)25(28)27-19-11-13-20(14-12-19)30-16-18-7-3-5-9-23(18)26/h2-15H,16H2,1H3,(H,27,28). The van der Waals surface area contributed by atoms with Gasteiger partial charge < -0.3 is 14.8 Å². The van der Waals surface area contributed by atoms with Gasteiger partial charge in [0, 0.05) is 21.7 Å². The molecule has 0 fully saturated rings. The first kappa shape index (κ1) is 19.8. The molecule has 1 N–H and O–H groups in total. The fourth-order valence-electron chi connectivity index (χ4n) is 3.25. The van der Waals surface area contributed by atoms with Crippen molar-refractivity contribution in [1.82, 2.24) is 0 Å². The van der Waals surface area contributed by atoms with Gasteiger partial charge in [0.15, 0.2) is 0 Å². The van der Waals surface area contributed by atoms with E-state index in [-0.39, 0.29) is 5.91 Å². The van der Waals surface area contributed by atoms with Crippen LogP contribution in [0.4, 0.5) is 5.69 Å². The number of benzene rings is 4. The molecule has 0 aliphatic carbocycles. The topological polar surface area (TPSA) is 47.6 Å². The zero-order valence-electron chi connectivity index (χ0n) is 16.4. The average Bonchev–Trinajstić information content (AvgIpc) is 2.78.